The summed E-state index contributed by atoms with van der Waals surface area (Å²) in [5.74, 6) is 0.184. The van der Waals surface area contributed by atoms with Crippen LogP contribution in [-0.4, -0.2) is 25.5 Å². The van der Waals surface area contributed by atoms with Crippen LogP contribution >= 0.6 is 0 Å². The van der Waals surface area contributed by atoms with Crippen LogP contribution in [0.3, 0.4) is 0 Å². The Morgan fingerprint density at radius 2 is 1.82 bits per heavy atom. The SMILES string of the molecule is CC=NC(=NC)c1ccc(OC(F)(F)F)cc1. The van der Waals surface area contributed by atoms with Crippen molar-refractivity contribution in [1.29, 1.82) is 0 Å². The van der Waals surface area contributed by atoms with E-state index in [0.29, 0.717) is 11.4 Å². The van der Waals surface area contributed by atoms with E-state index in [-0.39, 0.29) is 5.75 Å². The summed E-state index contributed by atoms with van der Waals surface area (Å²) in [7, 11) is 1.56. The van der Waals surface area contributed by atoms with Gasteiger partial charge in [-0.2, -0.15) is 0 Å². The van der Waals surface area contributed by atoms with E-state index in [2.05, 4.69) is 14.7 Å². The Morgan fingerprint density at radius 3 is 2.24 bits per heavy atom. The van der Waals surface area contributed by atoms with Gasteiger partial charge in [0.15, 0.2) is 5.84 Å². The van der Waals surface area contributed by atoms with Gasteiger partial charge in [-0.3, -0.25) is 4.99 Å². The van der Waals surface area contributed by atoms with E-state index < -0.39 is 6.36 Å². The predicted molar refractivity (Wildman–Crippen MR) is 59.8 cm³/mol. The second kappa shape index (κ2) is 5.47. The zero-order chi connectivity index (χ0) is 12.9. The Morgan fingerprint density at radius 1 is 1.24 bits per heavy atom. The maximum atomic E-state index is 11.9. The molecule has 0 saturated heterocycles. The number of benzene rings is 1. The summed E-state index contributed by atoms with van der Waals surface area (Å²) >= 11 is 0. The van der Waals surface area contributed by atoms with E-state index in [9.17, 15) is 13.2 Å². The minimum absolute atomic E-state index is 0.266. The van der Waals surface area contributed by atoms with Gasteiger partial charge in [0.1, 0.15) is 5.75 Å². The molecular formula is C11H11F3N2O. The molecule has 17 heavy (non-hydrogen) atoms. The first kappa shape index (κ1) is 13.2. The molecule has 1 aromatic rings. The monoisotopic (exact) mass is 244 g/mol. The molecule has 0 heterocycles. The van der Waals surface area contributed by atoms with Gasteiger partial charge in [0, 0.05) is 18.8 Å². The molecule has 0 N–H and O–H groups in total. The highest BCUT2D eigenvalue weighted by molar-refractivity contribution is 6.02. The van der Waals surface area contributed by atoms with Gasteiger partial charge in [0.25, 0.3) is 0 Å². The molecule has 0 radical (unpaired) electrons. The number of aliphatic imine (C=N–C) groups is 2. The highest BCUT2D eigenvalue weighted by Crippen LogP contribution is 2.22. The summed E-state index contributed by atoms with van der Waals surface area (Å²) in [5.41, 5.74) is 0.625. The molecular weight excluding hydrogens is 233 g/mol. The van der Waals surface area contributed by atoms with Crippen molar-refractivity contribution in [3.63, 3.8) is 0 Å². The van der Waals surface area contributed by atoms with Crippen LogP contribution in [0.25, 0.3) is 0 Å². The van der Waals surface area contributed by atoms with E-state index in [1.165, 1.54) is 24.3 Å². The highest BCUT2D eigenvalue weighted by Gasteiger charge is 2.30. The molecule has 0 aliphatic heterocycles. The van der Waals surface area contributed by atoms with Crippen molar-refractivity contribution in [3.8, 4) is 5.75 Å². The average Bonchev–Trinajstić information content (AvgIpc) is 2.25. The van der Waals surface area contributed by atoms with E-state index in [0.717, 1.165) is 0 Å². The number of alkyl halides is 3. The van der Waals surface area contributed by atoms with Crippen molar-refractivity contribution < 1.29 is 17.9 Å². The molecule has 0 bridgehead atoms. The normalized spacial score (nSPS) is 13.1. The molecule has 6 heteroatoms. The fraction of sp³-hybridized carbons (Fsp3) is 0.273. The Balaban J connectivity index is 2.88. The topological polar surface area (TPSA) is 34.0 Å². The molecule has 0 aliphatic carbocycles. The number of ether oxygens (including phenoxy) is 1. The maximum absolute atomic E-state index is 11.9. The quantitative estimate of drug-likeness (QED) is 0.581. The number of hydrogen-bond donors (Lipinski definition) is 0. The van der Waals surface area contributed by atoms with E-state index >= 15 is 0 Å². The van der Waals surface area contributed by atoms with Crippen molar-refractivity contribution >= 4 is 12.1 Å². The van der Waals surface area contributed by atoms with Crippen molar-refractivity contribution in [1.82, 2.24) is 0 Å². The molecule has 92 valence electrons. The third-order valence-electron chi connectivity index (χ3n) is 1.81. The van der Waals surface area contributed by atoms with E-state index in [1.54, 1.807) is 20.2 Å². The first-order chi connectivity index (χ1) is 7.96. The second-order valence-corrected chi connectivity index (χ2v) is 3.01. The van der Waals surface area contributed by atoms with E-state index in [1.807, 2.05) is 0 Å². The zero-order valence-corrected chi connectivity index (χ0v) is 9.32. The fourth-order valence-electron chi connectivity index (χ4n) is 1.19. The molecule has 3 nitrogen and oxygen atoms in total. The van der Waals surface area contributed by atoms with Crippen molar-refractivity contribution in [2.24, 2.45) is 9.98 Å². The molecule has 0 unspecified atom stereocenters. The van der Waals surface area contributed by atoms with Gasteiger partial charge in [-0.25, -0.2) is 4.99 Å². The molecule has 0 saturated carbocycles. The summed E-state index contributed by atoms with van der Waals surface area (Å²) in [6.45, 7) is 1.73. The number of hydrogen-bond acceptors (Lipinski definition) is 2. The molecule has 1 rings (SSSR count). The number of nitrogens with zero attached hydrogens (tertiary/aromatic N) is 2. The van der Waals surface area contributed by atoms with Crippen molar-refractivity contribution in [2.75, 3.05) is 7.05 Å². The van der Waals surface area contributed by atoms with Crippen LogP contribution in [0, 0.1) is 0 Å². The average molecular weight is 244 g/mol. The molecule has 0 spiro atoms. The van der Waals surface area contributed by atoms with Crippen LogP contribution in [-0.2, 0) is 0 Å². The standard InChI is InChI=1S/C11H11F3N2O/c1-3-16-10(15-2)8-4-6-9(7-5-8)17-11(12,13)14/h3-7H,1-2H3. The van der Waals surface area contributed by atoms with Gasteiger partial charge >= 0.3 is 6.36 Å². The number of amidine groups is 1. The molecule has 0 amide bonds. The zero-order valence-electron chi connectivity index (χ0n) is 9.32. The summed E-state index contributed by atoms with van der Waals surface area (Å²) in [6.07, 6.45) is -3.12. The van der Waals surface area contributed by atoms with Crippen LogP contribution in [0.15, 0.2) is 34.3 Å². The number of halogens is 3. The maximum Gasteiger partial charge on any atom is 0.573 e. The predicted octanol–water partition coefficient (Wildman–Crippen LogP) is 3.05. The van der Waals surface area contributed by atoms with Gasteiger partial charge in [-0.15, -0.1) is 13.2 Å². The largest absolute Gasteiger partial charge is 0.573 e. The van der Waals surface area contributed by atoms with Gasteiger partial charge < -0.3 is 4.74 Å². The molecule has 0 aromatic heterocycles. The van der Waals surface area contributed by atoms with Crippen LogP contribution in [0.1, 0.15) is 12.5 Å². The van der Waals surface area contributed by atoms with Gasteiger partial charge in [-0.1, -0.05) is 0 Å². The molecule has 1 aromatic carbocycles. The van der Waals surface area contributed by atoms with Crippen molar-refractivity contribution in [3.05, 3.63) is 29.8 Å². The summed E-state index contributed by atoms with van der Waals surface area (Å²) in [6, 6.07) is 5.38. The van der Waals surface area contributed by atoms with Crippen LogP contribution in [0.2, 0.25) is 0 Å². The Kier molecular flexibility index (Phi) is 4.25. The molecule has 0 fully saturated rings. The Hall–Kier alpha value is -1.85. The minimum Gasteiger partial charge on any atom is -0.406 e. The Bertz CT molecular complexity index is 421. The first-order valence-electron chi connectivity index (χ1n) is 4.78. The summed E-state index contributed by atoms with van der Waals surface area (Å²) in [5, 5.41) is 0. The van der Waals surface area contributed by atoms with Gasteiger partial charge in [0.05, 0.1) is 0 Å². The molecule has 0 atom stereocenters. The minimum atomic E-state index is -4.68. The van der Waals surface area contributed by atoms with Crippen LogP contribution in [0.5, 0.6) is 5.75 Å². The van der Waals surface area contributed by atoms with Crippen LogP contribution in [0.4, 0.5) is 13.2 Å². The van der Waals surface area contributed by atoms with Crippen molar-refractivity contribution in [2.45, 2.75) is 13.3 Å². The molecule has 0 aliphatic rings. The van der Waals surface area contributed by atoms with Gasteiger partial charge in [-0.05, 0) is 31.2 Å². The highest BCUT2D eigenvalue weighted by atomic mass is 19.4. The lowest BCUT2D eigenvalue weighted by Crippen LogP contribution is -2.17. The summed E-state index contributed by atoms with van der Waals surface area (Å²) < 4.78 is 39.5. The third-order valence-corrected chi connectivity index (χ3v) is 1.81. The lowest BCUT2D eigenvalue weighted by Gasteiger charge is -2.08. The lowest BCUT2D eigenvalue weighted by molar-refractivity contribution is -0.274. The summed E-state index contributed by atoms with van der Waals surface area (Å²) in [4.78, 5) is 7.89. The van der Waals surface area contributed by atoms with Gasteiger partial charge in [0.2, 0.25) is 0 Å². The fourth-order valence-corrected chi connectivity index (χ4v) is 1.19. The Labute approximate surface area is 96.7 Å². The first-order valence-corrected chi connectivity index (χ1v) is 4.78. The van der Waals surface area contributed by atoms with Crippen LogP contribution < -0.4 is 4.74 Å². The van der Waals surface area contributed by atoms with E-state index in [4.69, 9.17) is 0 Å². The third kappa shape index (κ3) is 4.26. The second-order valence-electron chi connectivity index (χ2n) is 3.01. The smallest absolute Gasteiger partial charge is 0.406 e. The lowest BCUT2D eigenvalue weighted by atomic mass is 10.2. The number of rotatable bonds is 2.